The average Bonchev–Trinajstić information content (AvgIpc) is 3.52. The number of thiazole rings is 1. The first-order valence-electron chi connectivity index (χ1n) is 12.9. The summed E-state index contributed by atoms with van der Waals surface area (Å²) >= 11 is 1.19. The number of hydrogen-bond acceptors (Lipinski definition) is 9. The molecule has 210 valence electrons. The minimum atomic E-state index is -0.719. The lowest BCUT2D eigenvalue weighted by molar-refractivity contribution is -0.385. The Morgan fingerprint density at radius 3 is 2.56 bits per heavy atom. The van der Waals surface area contributed by atoms with Gasteiger partial charge in [-0.3, -0.25) is 19.5 Å². The quantitative estimate of drug-likeness (QED) is 0.184. The molecule has 0 spiro atoms. The first-order valence-corrected chi connectivity index (χ1v) is 13.7. The summed E-state index contributed by atoms with van der Waals surface area (Å²) in [6.45, 7) is 5.34. The summed E-state index contributed by atoms with van der Waals surface area (Å²) in [5.41, 5.74) is 3.31. The third-order valence-electron chi connectivity index (χ3n) is 6.83. The van der Waals surface area contributed by atoms with Crippen LogP contribution >= 0.6 is 11.3 Å². The van der Waals surface area contributed by atoms with Gasteiger partial charge in [0.05, 0.1) is 33.4 Å². The SMILES string of the molecule is CCOC(=O)C1=C(C)N=c2s/c(=C\c3ccc(-c4ccc(C)c([N+](=O)[O-])c4)o3)c(=O)n2[C@@H]1c1ccc(N(C)C)cc1. The summed E-state index contributed by atoms with van der Waals surface area (Å²) in [5.74, 6) is 0.320. The summed E-state index contributed by atoms with van der Waals surface area (Å²) < 4.78 is 13.2. The molecule has 1 atom stereocenters. The van der Waals surface area contributed by atoms with Crippen LogP contribution in [0.4, 0.5) is 11.4 Å². The van der Waals surface area contributed by atoms with Gasteiger partial charge in [0.15, 0.2) is 4.80 Å². The molecule has 10 nitrogen and oxygen atoms in total. The first kappa shape index (κ1) is 27.8. The summed E-state index contributed by atoms with van der Waals surface area (Å²) in [6.07, 6.45) is 1.62. The van der Waals surface area contributed by atoms with Crippen LogP contribution in [0.15, 0.2) is 80.1 Å². The molecule has 0 bridgehead atoms. The number of anilines is 1. The Labute approximate surface area is 239 Å². The smallest absolute Gasteiger partial charge is 0.338 e. The molecule has 0 N–H and O–H groups in total. The van der Waals surface area contributed by atoms with Gasteiger partial charge < -0.3 is 14.1 Å². The number of nitrogens with zero attached hydrogens (tertiary/aromatic N) is 4. The van der Waals surface area contributed by atoms with Crippen molar-refractivity contribution in [3.05, 3.63) is 113 Å². The Hall–Kier alpha value is -4.77. The molecule has 1 aliphatic rings. The third kappa shape index (κ3) is 5.23. The molecule has 0 amide bonds. The van der Waals surface area contributed by atoms with Gasteiger partial charge in [0.25, 0.3) is 11.2 Å². The second-order valence-corrected chi connectivity index (χ2v) is 10.8. The van der Waals surface area contributed by atoms with Crippen LogP contribution in [0.3, 0.4) is 0 Å². The van der Waals surface area contributed by atoms with E-state index in [2.05, 4.69) is 4.99 Å². The zero-order valence-corrected chi connectivity index (χ0v) is 24.0. The minimum Gasteiger partial charge on any atom is -0.463 e. The van der Waals surface area contributed by atoms with E-state index in [1.807, 2.05) is 43.3 Å². The highest BCUT2D eigenvalue weighted by molar-refractivity contribution is 7.07. The zero-order valence-electron chi connectivity index (χ0n) is 23.2. The fraction of sp³-hybridized carbons (Fsp3) is 0.233. The fourth-order valence-corrected chi connectivity index (χ4v) is 5.76. The van der Waals surface area contributed by atoms with Gasteiger partial charge in [-0.2, -0.15) is 0 Å². The fourth-order valence-electron chi connectivity index (χ4n) is 4.74. The van der Waals surface area contributed by atoms with Crippen molar-refractivity contribution in [1.82, 2.24) is 4.57 Å². The lowest BCUT2D eigenvalue weighted by atomic mass is 9.95. The number of ether oxygens (including phenoxy) is 1. The zero-order chi connectivity index (χ0) is 29.4. The van der Waals surface area contributed by atoms with Crippen LogP contribution < -0.4 is 19.8 Å². The molecule has 2 aromatic heterocycles. The van der Waals surface area contributed by atoms with Gasteiger partial charge in [0.2, 0.25) is 0 Å². The van der Waals surface area contributed by atoms with Crippen molar-refractivity contribution < 1.29 is 18.9 Å². The van der Waals surface area contributed by atoms with E-state index in [9.17, 15) is 19.7 Å². The Bertz CT molecular complexity index is 1880. The Morgan fingerprint density at radius 2 is 1.90 bits per heavy atom. The van der Waals surface area contributed by atoms with Crippen molar-refractivity contribution in [2.75, 3.05) is 25.6 Å². The van der Waals surface area contributed by atoms with Gasteiger partial charge in [-0.1, -0.05) is 35.6 Å². The number of furan rings is 1. The predicted octanol–water partition coefficient (Wildman–Crippen LogP) is 4.34. The van der Waals surface area contributed by atoms with Crippen molar-refractivity contribution in [3.63, 3.8) is 0 Å². The lowest BCUT2D eigenvalue weighted by Gasteiger charge is -2.25. The number of aromatic nitrogens is 1. The molecule has 11 heteroatoms. The molecule has 3 heterocycles. The minimum absolute atomic E-state index is 0.000137. The highest BCUT2D eigenvalue weighted by Gasteiger charge is 2.33. The molecule has 0 unspecified atom stereocenters. The second kappa shape index (κ2) is 11.0. The van der Waals surface area contributed by atoms with E-state index in [4.69, 9.17) is 9.15 Å². The number of carbonyl (C=O) groups is 1. The number of carbonyl (C=O) groups excluding carboxylic acids is 1. The Balaban J connectivity index is 1.61. The van der Waals surface area contributed by atoms with E-state index >= 15 is 0 Å². The predicted molar refractivity (Wildman–Crippen MR) is 157 cm³/mol. The maximum atomic E-state index is 13.8. The van der Waals surface area contributed by atoms with Crippen LogP contribution in [0.5, 0.6) is 0 Å². The number of allylic oxidation sites excluding steroid dienone is 1. The van der Waals surface area contributed by atoms with E-state index in [1.54, 1.807) is 51.1 Å². The van der Waals surface area contributed by atoms with Crippen LogP contribution in [-0.4, -0.2) is 36.2 Å². The van der Waals surface area contributed by atoms with Crippen LogP contribution in [0.25, 0.3) is 17.4 Å². The normalized spacial score (nSPS) is 15.0. The maximum Gasteiger partial charge on any atom is 0.338 e. The van der Waals surface area contributed by atoms with Crippen molar-refractivity contribution in [1.29, 1.82) is 0 Å². The second-order valence-electron chi connectivity index (χ2n) is 9.75. The van der Waals surface area contributed by atoms with E-state index in [0.717, 1.165) is 11.3 Å². The average molecular weight is 573 g/mol. The van der Waals surface area contributed by atoms with Crippen LogP contribution in [0.1, 0.15) is 36.8 Å². The molecule has 0 saturated carbocycles. The number of hydrogen-bond donors (Lipinski definition) is 0. The van der Waals surface area contributed by atoms with E-state index in [-0.39, 0.29) is 17.9 Å². The number of nitro benzene ring substituents is 1. The van der Waals surface area contributed by atoms with Crippen LogP contribution in [0, 0.1) is 17.0 Å². The summed E-state index contributed by atoms with van der Waals surface area (Å²) in [6, 6.07) is 15.2. The summed E-state index contributed by atoms with van der Waals surface area (Å²) in [4.78, 5) is 44.9. The molecule has 2 aromatic carbocycles. The van der Waals surface area contributed by atoms with Gasteiger partial charge in [0, 0.05) is 43.1 Å². The number of fused-ring (bicyclic) bond motifs is 1. The van der Waals surface area contributed by atoms with E-state index < -0.39 is 16.9 Å². The summed E-state index contributed by atoms with van der Waals surface area (Å²) in [7, 11) is 3.87. The van der Waals surface area contributed by atoms with Crippen molar-refractivity contribution in [2.24, 2.45) is 4.99 Å². The molecule has 0 fully saturated rings. The third-order valence-corrected chi connectivity index (χ3v) is 7.82. The molecule has 0 saturated heterocycles. The van der Waals surface area contributed by atoms with E-state index in [1.165, 1.54) is 22.0 Å². The Morgan fingerprint density at radius 1 is 1.17 bits per heavy atom. The van der Waals surface area contributed by atoms with Crippen LogP contribution in [0.2, 0.25) is 0 Å². The number of benzene rings is 2. The maximum absolute atomic E-state index is 13.8. The van der Waals surface area contributed by atoms with Gasteiger partial charge in [0.1, 0.15) is 11.5 Å². The van der Waals surface area contributed by atoms with E-state index in [0.29, 0.717) is 43.3 Å². The highest BCUT2D eigenvalue weighted by atomic mass is 32.1. The summed E-state index contributed by atoms with van der Waals surface area (Å²) in [5, 5.41) is 11.4. The van der Waals surface area contributed by atoms with Crippen LogP contribution in [-0.2, 0) is 9.53 Å². The van der Waals surface area contributed by atoms with Crippen molar-refractivity contribution in [3.8, 4) is 11.3 Å². The number of aryl methyl sites for hydroxylation is 1. The van der Waals surface area contributed by atoms with Gasteiger partial charge >= 0.3 is 5.97 Å². The standard InChI is InChI=1S/C30H28N4O6S/c1-6-39-29(36)26-18(3)31-30-33(27(26)19-9-11-21(12-10-19)32(4)5)28(35)25(41-30)16-22-13-14-24(40-22)20-8-7-17(2)23(15-20)34(37)38/h7-16,27H,6H2,1-5H3/b25-16-/t27-/m1/s1. The monoisotopic (exact) mass is 572 g/mol. The number of rotatable bonds is 7. The molecule has 5 rings (SSSR count). The van der Waals surface area contributed by atoms with Gasteiger partial charge in [-0.15, -0.1) is 0 Å². The number of nitro groups is 1. The van der Waals surface area contributed by atoms with Crippen molar-refractivity contribution in [2.45, 2.75) is 26.8 Å². The molecule has 41 heavy (non-hydrogen) atoms. The largest absolute Gasteiger partial charge is 0.463 e. The molecule has 0 radical (unpaired) electrons. The first-order chi connectivity index (χ1) is 19.6. The molecular weight excluding hydrogens is 544 g/mol. The van der Waals surface area contributed by atoms with Gasteiger partial charge in [-0.05, 0) is 50.6 Å². The highest BCUT2D eigenvalue weighted by Crippen LogP contribution is 2.32. The topological polar surface area (TPSA) is 120 Å². The molecular formula is C30H28N4O6S. The lowest BCUT2D eigenvalue weighted by Crippen LogP contribution is -2.39. The molecule has 4 aromatic rings. The number of esters is 1. The van der Waals surface area contributed by atoms with Gasteiger partial charge in [-0.25, -0.2) is 9.79 Å². The van der Waals surface area contributed by atoms with Crippen molar-refractivity contribution >= 4 is 34.8 Å². The molecule has 1 aliphatic heterocycles. The Kier molecular flexibility index (Phi) is 7.46. The molecule has 0 aliphatic carbocycles.